The minimum atomic E-state index is 0.608. The van der Waals surface area contributed by atoms with E-state index in [0.717, 1.165) is 6.54 Å². The Morgan fingerprint density at radius 3 is 2.84 bits per heavy atom. The van der Waals surface area contributed by atoms with Crippen LogP contribution in [0.2, 0.25) is 0 Å². The van der Waals surface area contributed by atoms with Crippen LogP contribution in [-0.4, -0.2) is 44.4 Å². The molecular weight excluding hydrogens is 254 g/mol. The van der Waals surface area contributed by atoms with Gasteiger partial charge in [-0.25, -0.2) is 0 Å². The first kappa shape index (κ1) is 14.7. The van der Waals surface area contributed by atoms with Crippen molar-refractivity contribution in [1.82, 2.24) is 4.90 Å². The lowest BCUT2D eigenvalue weighted by Gasteiger charge is -2.29. The maximum Gasteiger partial charge on any atom is 0.0421 e. The fraction of sp³-hybridized carbons (Fsp3) is 0.600. The van der Waals surface area contributed by atoms with Gasteiger partial charge in [0.05, 0.1) is 0 Å². The molecule has 1 aromatic carbocycles. The van der Waals surface area contributed by atoms with E-state index in [9.17, 15) is 0 Å². The molecule has 0 aliphatic carbocycles. The van der Waals surface area contributed by atoms with Crippen LogP contribution in [0.3, 0.4) is 0 Å². The van der Waals surface area contributed by atoms with Crippen LogP contribution < -0.4 is 10.6 Å². The third-order valence-corrected chi connectivity index (χ3v) is 4.92. The fourth-order valence-electron chi connectivity index (χ4n) is 2.93. The number of thioether (sulfide) groups is 1. The maximum atomic E-state index is 5.95. The summed E-state index contributed by atoms with van der Waals surface area (Å²) in [5.41, 5.74) is 8.51. The number of likely N-dealkylation sites (N-methyl/N-ethyl adjacent to an activating group) is 2. The van der Waals surface area contributed by atoms with Gasteiger partial charge in [-0.2, -0.15) is 0 Å². The summed E-state index contributed by atoms with van der Waals surface area (Å²) in [5.74, 6) is 0. The number of nitrogens with zero attached hydrogens (tertiary/aromatic N) is 2. The lowest BCUT2D eigenvalue weighted by Crippen LogP contribution is -2.37. The summed E-state index contributed by atoms with van der Waals surface area (Å²) in [6.07, 6.45) is 4.74. The summed E-state index contributed by atoms with van der Waals surface area (Å²) in [5, 5.41) is 0. The lowest BCUT2D eigenvalue weighted by atomic mass is 10.1. The summed E-state index contributed by atoms with van der Waals surface area (Å²) in [6.45, 7) is 2.92. The van der Waals surface area contributed by atoms with E-state index in [0.29, 0.717) is 12.6 Å². The Kier molecular flexibility index (Phi) is 5.13. The molecule has 0 spiro atoms. The lowest BCUT2D eigenvalue weighted by molar-refractivity contribution is 0.314. The van der Waals surface area contributed by atoms with Crippen molar-refractivity contribution in [1.29, 1.82) is 0 Å². The predicted octanol–water partition coefficient (Wildman–Crippen LogP) is 2.40. The van der Waals surface area contributed by atoms with E-state index < -0.39 is 0 Å². The summed E-state index contributed by atoms with van der Waals surface area (Å²) >= 11 is 1.78. The number of hydrogen-bond acceptors (Lipinski definition) is 4. The molecule has 106 valence electrons. The van der Waals surface area contributed by atoms with Crippen molar-refractivity contribution in [3.05, 3.63) is 23.8 Å². The zero-order chi connectivity index (χ0) is 13.8. The van der Waals surface area contributed by atoms with Gasteiger partial charge in [-0.1, -0.05) is 6.07 Å². The van der Waals surface area contributed by atoms with Crippen molar-refractivity contribution in [2.24, 2.45) is 5.73 Å². The van der Waals surface area contributed by atoms with Gasteiger partial charge in [-0.05, 0) is 44.8 Å². The van der Waals surface area contributed by atoms with E-state index in [-0.39, 0.29) is 0 Å². The van der Waals surface area contributed by atoms with Crippen LogP contribution in [0.25, 0.3) is 0 Å². The molecule has 1 unspecified atom stereocenters. The smallest absolute Gasteiger partial charge is 0.0421 e. The molecule has 4 heteroatoms. The molecule has 2 N–H and O–H groups in total. The molecule has 0 saturated carbocycles. The van der Waals surface area contributed by atoms with E-state index in [1.54, 1.807) is 11.8 Å². The molecule has 3 nitrogen and oxygen atoms in total. The number of anilines is 1. The van der Waals surface area contributed by atoms with Gasteiger partial charge in [0, 0.05) is 42.3 Å². The van der Waals surface area contributed by atoms with Crippen molar-refractivity contribution in [3.63, 3.8) is 0 Å². The van der Waals surface area contributed by atoms with Crippen molar-refractivity contribution >= 4 is 17.4 Å². The van der Waals surface area contributed by atoms with E-state index in [1.807, 2.05) is 0 Å². The largest absolute Gasteiger partial charge is 0.373 e. The molecule has 1 heterocycles. The second-order valence-corrected chi connectivity index (χ2v) is 6.17. The minimum Gasteiger partial charge on any atom is -0.373 e. The molecule has 0 bridgehead atoms. The summed E-state index contributed by atoms with van der Waals surface area (Å²) in [4.78, 5) is 6.14. The zero-order valence-corrected chi connectivity index (χ0v) is 13.0. The van der Waals surface area contributed by atoms with E-state index in [1.165, 1.54) is 35.5 Å². The molecule has 1 aromatic rings. The molecule has 0 amide bonds. The van der Waals surface area contributed by atoms with E-state index >= 15 is 0 Å². The second-order valence-electron chi connectivity index (χ2n) is 5.32. The van der Waals surface area contributed by atoms with Crippen LogP contribution in [0.5, 0.6) is 0 Å². The number of hydrogen-bond donors (Lipinski definition) is 1. The first-order valence-corrected chi connectivity index (χ1v) is 8.17. The average Bonchev–Trinajstić information content (AvgIpc) is 2.83. The SMILES string of the molecule is CSc1cccc(N(C)CC2CCCN2C)c1CN. The Balaban J connectivity index is 2.16. The molecule has 1 saturated heterocycles. The van der Waals surface area contributed by atoms with Gasteiger partial charge in [0.2, 0.25) is 0 Å². The molecule has 1 aliphatic rings. The Morgan fingerprint density at radius 2 is 2.26 bits per heavy atom. The van der Waals surface area contributed by atoms with Crippen LogP contribution in [0, 0.1) is 0 Å². The Hall–Kier alpha value is -0.710. The third kappa shape index (κ3) is 3.25. The van der Waals surface area contributed by atoms with Gasteiger partial charge in [-0.3, -0.25) is 0 Å². The second kappa shape index (κ2) is 6.64. The molecule has 1 fully saturated rings. The fourth-order valence-corrected chi connectivity index (χ4v) is 3.58. The van der Waals surface area contributed by atoms with Gasteiger partial charge in [-0.15, -0.1) is 11.8 Å². The Morgan fingerprint density at radius 1 is 1.47 bits per heavy atom. The highest BCUT2D eigenvalue weighted by Crippen LogP contribution is 2.29. The van der Waals surface area contributed by atoms with Crippen molar-refractivity contribution < 1.29 is 0 Å². The highest BCUT2D eigenvalue weighted by atomic mass is 32.2. The van der Waals surface area contributed by atoms with Crippen LogP contribution >= 0.6 is 11.8 Å². The Bertz CT molecular complexity index is 422. The monoisotopic (exact) mass is 279 g/mol. The molecule has 2 rings (SSSR count). The quantitative estimate of drug-likeness (QED) is 0.839. The molecule has 1 atom stereocenters. The first-order chi connectivity index (χ1) is 9.17. The summed E-state index contributed by atoms with van der Waals surface area (Å²) < 4.78 is 0. The van der Waals surface area contributed by atoms with Crippen LogP contribution in [0.1, 0.15) is 18.4 Å². The van der Waals surface area contributed by atoms with Crippen molar-refractivity contribution in [2.75, 3.05) is 38.3 Å². The first-order valence-electron chi connectivity index (χ1n) is 6.94. The third-order valence-electron chi connectivity index (χ3n) is 4.10. The average molecular weight is 279 g/mol. The van der Waals surface area contributed by atoms with Gasteiger partial charge < -0.3 is 15.5 Å². The molecule has 1 aliphatic heterocycles. The molecule has 0 aromatic heterocycles. The van der Waals surface area contributed by atoms with Gasteiger partial charge in [0.15, 0.2) is 0 Å². The number of benzene rings is 1. The highest BCUT2D eigenvalue weighted by molar-refractivity contribution is 7.98. The van der Waals surface area contributed by atoms with Gasteiger partial charge in [0.1, 0.15) is 0 Å². The number of rotatable bonds is 5. The van der Waals surface area contributed by atoms with Crippen molar-refractivity contribution in [3.8, 4) is 0 Å². The number of likely N-dealkylation sites (tertiary alicyclic amines) is 1. The van der Waals surface area contributed by atoms with Crippen LogP contribution in [0.4, 0.5) is 5.69 Å². The zero-order valence-electron chi connectivity index (χ0n) is 12.2. The topological polar surface area (TPSA) is 32.5 Å². The Labute approximate surface area is 121 Å². The molecule has 19 heavy (non-hydrogen) atoms. The molecular formula is C15H25N3S. The summed E-state index contributed by atoms with van der Waals surface area (Å²) in [6, 6.07) is 7.16. The molecule has 0 radical (unpaired) electrons. The van der Waals surface area contributed by atoms with Crippen LogP contribution in [-0.2, 0) is 6.54 Å². The normalized spacial score (nSPS) is 19.9. The standard InChI is InChI=1S/C15H25N3S/c1-17-9-5-6-12(17)11-18(2)14-7-4-8-15(19-3)13(14)10-16/h4,7-8,12H,5-6,9-11,16H2,1-3H3. The predicted molar refractivity (Wildman–Crippen MR) is 85.0 cm³/mol. The van der Waals surface area contributed by atoms with Crippen molar-refractivity contribution in [2.45, 2.75) is 30.3 Å². The van der Waals surface area contributed by atoms with Gasteiger partial charge >= 0.3 is 0 Å². The summed E-state index contributed by atoms with van der Waals surface area (Å²) in [7, 11) is 4.42. The maximum absolute atomic E-state index is 5.95. The van der Waals surface area contributed by atoms with Crippen LogP contribution in [0.15, 0.2) is 23.1 Å². The van der Waals surface area contributed by atoms with E-state index in [4.69, 9.17) is 5.73 Å². The van der Waals surface area contributed by atoms with E-state index in [2.05, 4.69) is 48.4 Å². The van der Waals surface area contributed by atoms with Gasteiger partial charge in [0.25, 0.3) is 0 Å². The number of nitrogens with two attached hydrogens (primary N) is 1. The minimum absolute atomic E-state index is 0.608. The highest BCUT2D eigenvalue weighted by Gasteiger charge is 2.23.